The summed E-state index contributed by atoms with van der Waals surface area (Å²) in [7, 11) is 1.94. The fraction of sp³-hybridized carbons (Fsp3) is 0.200. The van der Waals surface area contributed by atoms with Crippen LogP contribution in [-0.2, 0) is 0 Å². The summed E-state index contributed by atoms with van der Waals surface area (Å²) in [5.74, 6) is 0. The van der Waals surface area contributed by atoms with Crippen molar-refractivity contribution in [1.82, 2.24) is 5.32 Å². The lowest BCUT2D eigenvalue weighted by Gasteiger charge is -2.18. The molecule has 0 spiro atoms. The summed E-state index contributed by atoms with van der Waals surface area (Å²) in [6.07, 6.45) is 0. The zero-order chi connectivity index (χ0) is 13.1. The molecule has 1 atom stereocenters. The van der Waals surface area contributed by atoms with Crippen LogP contribution in [0.5, 0.6) is 0 Å². The minimum atomic E-state index is 0.125. The van der Waals surface area contributed by atoms with Gasteiger partial charge in [-0.2, -0.15) is 0 Å². The molecule has 2 aromatic carbocycles. The van der Waals surface area contributed by atoms with E-state index in [1.54, 1.807) is 0 Å². The Bertz CT molecular complexity index is 514. The number of benzene rings is 2. The third-order valence-electron chi connectivity index (χ3n) is 2.89. The summed E-state index contributed by atoms with van der Waals surface area (Å²) in [5.41, 5.74) is 3.49. The van der Waals surface area contributed by atoms with E-state index in [0.717, 1.165) is 21.2 Å². The van der Waals surface area contributed by atoms with Gasteiger partial charge in [0.15, 0.2) is 0 Å². The van der Waals surface area contributed by atoms with Crippen LogP contribution in [0.25, 0.3) is 0 Å². The van der Waals surface area contributed by atoms with Crippen LogP contribution in [0.3, 0.4) is 0 Å². The molecule has 0 aliphatic heterocycles. The molecule has 1 nitrogen and oxygen atoms in total. The molecule has 0 amide bonds. The summed E-state index contributed by atoms with van der Waals surface area (Å²) in [4.78, 5) is 0. The predicted molar refractivity (Wildman–Crippen MR) is 78.5 cm³/mol. The van der Waals surface area contributed by atoms with Crippen LogP contribution < -0.4 is 5.32 Å². The van der Waals surface area contributed by atoms with Crippen LogP contribution in [0.4, 0.5) is 0 Å². The summed E-state index contributed by atoms with van der Waals surface area (Å²) in [5, 5.41) is 4.82. The maximum Gasteiger partial charge on any atom is 0.0574 e. The number of nitrogens with one attached hydrogen (secondary N) is 1. The van der Waals surface area contributed by atoms with Crippen LogP contribution >= 0.6 is 23.2 Å². The lowest BCUT2D eigenvalue weighted by Crippen LogP contribution is -2.17. The second kappa shape index (κ2) is 5.75. The highest BCUT2D eigenvalue weighted by atomic mass is 35.5. The Hall–Kier alpha value is -1.02. The molecule has 18 heavy (non-hydrogen) atoms. The van der Waals surface area contributed by atoms with Gasteiger partial charge in [0.2, 0.25) is 0 Å². The average Bonchev–Trinajstić information content (AvgIpc) is 2.31. The van der Waals surface area contributed by atoms with Crippen LogP contribution in [0.1, 0.15) is 22.7 Å². The Balaban J connectivity index is 2.41. The maximum absolute atomic E-state index is 6.11. The molecule has 1 unspecified atom stereocenters. The van der Waals surface area contributed by atoms with Gasteiger partial charge in [0.05, 0.1) is 6.04 Å². The number of aryl methyl sites for hydroxylation is 1. The predicted octanol–water partition coefficient (Wildman–Crippen LogP) is 4.61. The van der Waals surface area contributed by atoms with Crippen LogP contribution in [-0.4, -0.2) is 7.05 Å². The van der Waals surface area contributed by atoms with Gasteiger partial charge in [0.25, 0.3) is 0 Å². The minimum absolute atomic E-state index is 0.125. The van der Waals surface area contributed by atoms with Gasteiger partial charge in [-0.15, -0.1) is 0 Å². The summed E-state index contributed by atoms with van der Waals surface area (Å²) >= 11 is 12.0. The SMILES string of the molecule is CNC(c1ccc(Cl)cc1)c1cc(C)cc(Cl)c1. The molecular formula is C15H15Cl2N. The fourth-order valence-corrected chi connectivity index (χ4v) is 2.54. The number of rotatable bonds is 3. The lowest BCUT2D eigenvalue weighted by atomic mass is 9.97. The molecule has 94 valence electrons. The first kappa shape index (κ1) is 13.4. The highest BCUT2D eigenvalue weighted by Gasteiger charge is 2.12. The Morgan fingerprint density at radius 1 is 0.889 bits per heavy atom. The Labute approximate surface area is 118 Å². The van der Waals surface area contributed by atoms with Crippen molar-refractivity contribution in [3.8, 4) is 0 Å². The largest absolute Gasteiger partial charge is 0.309 e. The standard InChI is InChI=1S/C15H15Cl2N/c1-10-7-12(9-14(17)8-10)15(18-2)11-3-5-13(16)6-4-11/h3-9,15,18H,1-2H3. The van der Waals surface area contributed by atoms with E-state index in [2.05, 4.69) is 11.4 Å². The molecule has 0 heterocycles. The molecule has 0 aliphatic carbocycles. The summed E-state index contributed by atoms with van der Waals surface area (Å²) in [6, 6.07) is 14.1. The van der Waals surface area contributed by atoms with E-state index in [-0.39, 0.29) is 6.04 Å². The average molecular weight is 280 g/mol. The van der Waals surface area contributed by atoms with Crippen molar-refractivity contribution in [2.24, 2.45) is 0 Å². The van der Waals surface area contributed by atoms with E-state index >= 15 is 0 Å². The van der Waals surface area contributed by atoms with Gasteiger partial charge < -0.3 is 5.32 Å². The van der Waals surface area contributed by atoms with Crippen molar-refractivity contribution in [3.05, 3.63) is 69.2 Å². The van der Waals surface area contributed by atoms with Crippen LogP contribution in [0.2, 0.25) is 10.0 Å². The molecule has 3 heteroatoms. The molecule has 0 saturated carbocycles. The molecule has 0 aliphatic rings. The Kier molecular flexibility index (Phi) is 4.28. The molecule has 0 saturated heterocycles. The van der Waals surface area contributed by atoms with Gasteiger partial charge in [-0.1, -0.05) is 41.4 Å². The van der Waals surface area contributed by atoms with Gasteiger partial charge in [0, 0.05) is 10.0 Å². The quantitative estimate of drug-likeness (QED) is 0.865. The van der Waals surface area contributed by atoms with Crippen molar-refractivity contribution in [1.29, 1.82) is 0 Å². The Morgan fingerprint density at radius 3 is 2.11 bits per heavy atom. The number of halogens is 2. The van der Waals surface area contributed by atoms with E-state index < -0.39 is 0 Å². The van der Waals surface area contributed by atoms with Gasteiger partial charge in [-0.3, -0.25) is 0 Å². The van der Waals surface area contributed by atoms with Crippen molar-refractivity contribution in [3.63, 3.8) is 0 Å². The van der Waals surface area contributed by atoms with Crippen molar-refractivity contribution >= 4 is 23.2 Å². The third-order valence-corrected chi connectivity index (χ3v) is 3.36. The maximum atomic E-state index is 6.11. The third kappa shape index (κ3) is 3.05. The fourth-order valence-electron chi connectivity index (χ4n) is 2.11. The normalized spacial score (nSPS) is 12.4. The van der Waals surface area contributed by atoms with E-state index in [1.165, 1.54) is 5.56 Å². The second-order valence-electron chi connectivity index (χ2n) is 4.34. The summed E-state index contributed by atoms with van der Waals surface area (Å²) < 4.78 is 0. The van der Waals surface area contributed by atoms with Gasteiger partial charge in [-0.25, -0.2) is 0 Å². The molecule has 1 N–H and O–H groups in total. The number of hydrogen-bond acceptors (Lipinski definition) is 1. The molecule has 0 bridgehead atoms. The van der Waals surface area contributed by atoms with Gasteiger partial charge in [-0.05, 0) is 54.9 Å². The molecule has 2 rings (SSSR count). The minimum Gasteiger partial charge on any atom is -0.309 e. The Morgan fingerprint density at radius 2 is 1.56 bits per heavy atom. The van der Waals surface area contributed by atoms with E-state index in [1.807, 2.05) is 50.4 Å². The van der Waals surface area contributed by atoms with Crippen LogP contribution in [0, 0.1) is 6.92 Å². The molecular weight excluding hydrogens is 265 g/mol. The highest BCUT2D eigenvalue weighted by molar-refractivity contribution is 6.31. The molecule has 0 fully saturated rings. The summed E-state index contributed by atoms with van der Waals surface area (Å²) in [6.45, 7) is 2.05. The zero-order valence-corrected chi connectivity index (χ0v) is 11.9. The molecule has 0 radical (unpaired) electrons. The van der Waals surface area contributed by atoms with Gasteiger partial charge >= 0.3 is 0 Å². The van der Waals surface area contributed by atoms with E-state index in [0.29, 0.717) is 0 Å². The lowest BCUT2D eigenvalue weighted by molar-refractivity contribution is 0.691. The van der Waals surface area contributed by atoms with Gasteiger partial charge in [0.1, 0.15) is 0 Å². The monoisotopic (exact) mass is 279 g/mol. The van der Waals surface area contributed by atoms with Crippen molar-refractivity contribution in [2.45, 2.75) is 13.0 Å². The second-order valence-corrected chi connectivity index (χ2v) is 5.21. The van der Waals surface area contributed by atoms with Crippen LogP contribution in [0.15, 0.2) is 42.5 Å². The first-order valence-electron chi connectivity index (χ1n) is 5.80. The highest BCUT2D eigenvalue weighted by Crippen LogP contribution is 2.26. The van der Waals surface area contributed by atoms with E-state index in [4.69, 9.17) is 23.2 Å². The number of hydrogen-bond donors (Lipinski definition) is 1. The zero-order valence-electron chi connectivity index (χ0n) is 10.4. The van der Waals surface area contributed by atoms with Crippen molar-refractivity contribution < 1.29 is 0 Å². The first-order valence-corrected chi connectivity index (χ1v) is 6.55. The topological polar surface area (TPSA) is 12.0 Å². The molecule has 2 aromatic rings. The molecule has 0 aromatic heterocycles. The smallest absolute Gasteiger partial charge is 0.0574 e. The van der Waals surface area contributed by atoms with E-state index in [9.17, 15) is 0 Å². The van der Waals surface area contributed by atoms with Crippen molar-refractivity contribution in [2.75, 3.05) is 7.05 Å². The first-order chi connectivity index (χ1) is 8.60.